The van der Waals surface area contributed by atoms with Gasteiger partial charge in [0.2, 0.25) is 0 Å². The molecule has 0 nitrogen and oxygen atoms in total. The van der Waals surface area contributed by atoms with Crippen LogP contribution in [0.2, 0.25) is 0 Å². The van der Waals surface area contributed by atoms with Gasteiger partial charge in [-0.2, -0.15) is 0 Å². The third kappa shape index (κ3) is 10.1. The molecule has 0 fully saturated rings. The molecule has 1 aromatic carbocycles. The second kappa shape index (κ2) is 13.2. The first-order valence-corrected chi connectivity index (χ1v) is 7.43. The van der Waals surface area contributed by atoms with Gasteiger partial charge in [0.1, 0.15) is 0 Å². The second-order valence-electron chi connectivity index (χ2n) is 5.54. The minimum atomic E-state index is 0. The van der Waals surface area contributed by atoms with Crippen molar-refractivity contribution in [3.63, 3.8) is 0 Å². The molecule has 0 N–H and O–H groups in total. The molecule has 0 radical (unpaired) electrons. The predicted molar refractivity (Wildman–Crippen MR) is 100 cm³/mol. The van der Waals surface area contributed by atoms with Gasteiger partial charge in [-0.05, 0) is 29.4 Å². The van der Waals surface area contributed by atoms with E-state index in [9.17, 15) is 0 Å². The Morgan fingerprint density at radius 2 is 1.20 bits per heavy atom. The fraction of sp³-hybridized carbons (Fsp3) is 0.700. The second-order valence-corrected chi connectivity index (χ2v) is 5.54. The number of aryl methyl sites for hydroxylation is 1. The zero-order valence-corrected chi connectivity index (χ0v) is 14.3. The first-order chi connectivity index (χ1) is 8.30. The smallest absolute Gasteiger partial charge is 0.0132 e. The van der Waals surface area contributed by atoms with E-state index in [2.05, 4.69) is 59.7 Å². The van der Waals surface area contributed by atoms with Gasteiger partial charge in [0.05, 0.1) is 0 Å². The molecule has 0 spiro atoms. The van der Waals surface area contributed by atoms with Gasteiger partial charge in [0.25, 0.3) is 0 Å². The van der Waals surface area contributed by atoms with Crippen molar-refractivity contribution in [2.45, 2.75) is 95.4 Å². The average molecular weight is 283 g/mol. The number of rotatable bonds is 1. The SMILES string of the molecule is C.C.CC.CC.Cc1cc(C(C)C)cc(C(C)(C)C)c1. The lowest BCUT2D eigenvalue weighted by Gasteiger charge is -2.21. The lowest BCUT2D eigenvalue weighted by atomic mass is 9.84. The molecule has 0 heteroatoms. The summed E-state index contributed by atoms with van der Waals surface area (Å²) in [7, 11) is 0. The molecule has 0 bridgehead atoms. The highest BCUT2D eigenvalue weighted by Gasteiger charge is 2.15. The van der Waals surface area contributed by atoms with Crippen LogP contribution in [-0.2, 0) is 5.41 Å². The predicted octanol–water partition coefficient (Wildman–Crippen LogP) is 7.74. The van der Waals surface area contributed by atoms with Crippen molar-refractivity contribution >= 4 is 0 Å². The molecule has 0 aliphatic rings. The third-order valence-corrected chi connectivity index (χ3v) is 2.63. The van der Waals surface area contributed by atoms with Crippen molar-refractivity contribution in [2.75, 3.05) is 0 Å². The highest BCUT2D eigenvalue weighted by atomic mass is 14.2. The molecule has 1 rings (SSSR count). The zero-order chi connectivity index (χ0) is 14.9. The molecule has 122 valence electrons. The monoisotopic (exact) mass is 282 g/mol. The number of hydrogen-bond donors (Lipinski definition) is 0. The maximum Gasteiger partial charge on any atom is -0.0132 e. The maximum atomic E-state index is 2.34. The zero-order valence-electron chi connectivity index (χ0n) is 14.3. The molecule has 0 aromatic heterocycles. The van der Waals surface area contributed by atoms with E-state index in [-0.39, 0.29) is 20.3 Å². The fourth-order valence-electron chi connectivity index (χ4n) is 1.58. The summed E-state index contributed by atoms with van der Waals surface area (Å²) in [5.41, 5.74) is 4.53. The van der Waals surface area contributed by atoms with Crippen molar-refractivity contribution in [3.05, 3.63) is 34.9 Å². The molecule has 0 saturated heterocycles. The van der Waals surface area contributed by atoms with Crippen LogP contribution in [0.3, 0.4) is 0 Å². The summed E-state index contributed by atoms with van der Waals surface area (Å²) in [6, 6.07) is 6.93. The number of hydrogen-bond acceptors (Lipinski definition) is 0. The van der Waals surface area contributed by atoms with Crippen LogP contribution in [-0.4, -0.2) is 0 Å². The van der Waals surface area contributed by atoms with E-state index in [0.29, 0.717) is 5.92 Å². The minimum absolute atomic E-state index is 0. The van der Waals surface area contributed by atoms with Crippen LogP contribution in [0.25, 0.3) is 0 Å². The molecule has 0 heterocycles. The van der Waals surface area contributed by atoms with Gasteiger partial charge in [0.15, 0.2) is 0 Å². The first kappa shape index (κ1) is 27.5. The fourth-order valence-corrected chi connectivity index (χ4v) is 1.58. The summed E-state index contributed by atoms with van der Waals surface area (Å²) >= 11 is 0. The lowest BCUT2D eigenvalue weighted by molar-refractivity contribution is 0.588. The van der Waals surface area contributed by atoms with Gasteiger partial charge in [0, 0.05) is 0 Å². The summed E-state index contributed by atoms with van der Waals surface area (Å²) in [6.45, 7) is 21.5. The Bertz CT molecular complexity index is 313. The van der Waals surface area contributed by atoms with Gasteiger partial charge >= 0.3 is 0 Å². The highest BCUT2D eigenvalue weighted by Crippen LogP contribution is 2.27. The van der Waals surface area contributed by atoms with Crippen molar-refractivity contribution in [1.29, 1.82) is 0 Å². The van der Waals surface area contributed by atoms with Crippen molar-refractivity contribution < 1.29 is 0 Å². The van der Waals surface area contributed by atoms with E-state index in [1.807, 2.05) is 27.7 Å². The lowest BCUT2D eigenvalue weighted by Crippen LogP contribution is -2.12. The molecular formula is C20H42. The van der Waals surface area contributed by atoms with Crippen molar-refractivity contribution in [3.8, 4) is 0 Å². The topological polar surface area (TPSA) is 0 Å². The van der Waals surface area contributed by atoms with Gasteiger partial charge in [-0.25, -0.2) is 0 Å². The van der Waals surface area contributed by atoms with Crippen LogP contribution in [0.1, 0.15) is 99.8 Å². The summed E-state index contributed by atoms with van der Waals surface area (Å²) in [4.78, 5) is 0. The molecule has 0 saturated carbocycles. The Labute approximate surface area is 131 Å². The molecule has 20 heavy (non-hydrogen) atoms. The van der Waals surface area contributed by atoms with Gasteiger partial charge in [-0.3, -0.25) is 0 Å². The van der Waals surface area contributed by atoms with E-state index in [0.717, 1.165) is 0 Å². The molecule has 1 aromatic rings. The normalized spacial score (nSPS) is 9.15. The standard InChI is InChI=1S/C14H22.2C2H6.2CH4/c1-10(2)12-7-11(3)8-13(9-12)14(4,5)6;2*1-2;;/h7-10H,1-6H3;2*1-2H3;2*1H4. The van der Waals surface area contributed by atoms with Gasteiger partial charge in [-0.1, -0.05) is 101 Å². The summed E-state index contributed by atoms with van der Waals surface area (Å²) in [6.07, 6.45) is 0. The molecule has 0 unspecified atom stereocenters. The van der Waals surface area contributed by atoms with E-state index >= 15 is 0 Å². The minimum Gasteiger partial charge on any atom is -0.0776 e. The van der Waals surface area contributed by atoms with Crippen molar-refractivity contribution in [2.24, 2.45) is 0 Å². The molecule has 0 aliphatic heterocycles. The summed E-state index contributed by atoms with van der Waals surface area (Å²) in [5, 5.41) is 0. The Hall–Kier alpha value is -0.780. The van der Waals surface area contributed by atoms with E-state index in [1.54, 1.807) is 0 Å². The summed E-state index contributed by atoms with van der Waals surface area (Å²) < 4.78 is 0. The number of benzene rings is 1. The molecular weight excluding hydrogens is 240 g/mol. The Balaban J connectivity index is -0.000000196. The molecule has 0 aliphatic carbocycles. The van der Waals surface area contributed by atoms with Crippen LogP contribution in [0.5, 0.6) is 0 Å². The highest BCUT2D eigenvalue weighted by molar-refractivity contribution is 5.34. The maximum absolute atomic E-state index is 2.34. The van der Waals surface area contributed by atoms with E-state index in [4.69, 9.17) is 0 Å². The molecule has 0 amide bonds. The third-order valence-electron chi connectivity index (χ3n) is 2.63. The van der Waals surface area contributed by atoms with Crippen LogP contribution in [0, 0.1) is 6.92 Å². The van der Waals surface area contributed by atoms with Gasteiger partial charge in [-0.15, -0.1) is 0 Å². The van der Waals surface area contributed by atoms with Gasteiger partial charge < -0.3 is 0 Å². The van der Waals surface area contributed by atoms with Crippen LogP contribution in [0.4, 0.5) is 0 Å². The average Bonchev–Trinajstić information content (AvgIpc) is 2.32. The van der Waals surface area contributed by atoms with E-state index < -0.39 is 0 Å². The Morgan fingerprint density at radius 3 is 1.50 bits per heavy atom. The Morgan fingerprint density at radius 1 is 0.800 bits per heavy atom. The van der Waals surface area contributed by atoms with E-state index in [1.165, 1.54) is 16.7 Å². The molecule has 0 atom stereocenters. The summed E-state index contributed by atoms with van der Waals surface area (Å²) in [5.74, 6) is 0.621. The Kier molecular flexibility index (Phi) is 18.2. The van der Waals surface area contributed by atoms with Crippen LogP contribution in [0.15, 0.2) is 18.2 Å². The largest absolute Gasteiger partial charge is 0.0776 e. The van der Waals surface area contributed by atoms with Crippen LogP contribution < -0.4 is 0 Å². The van der Waals surface area contributed by atoms with Crippen molar-refractivity contribution in [1.82, 2.24) is 0 Å². The van der Waals surface area contributed by atoms with Crippen LogP contribution >= 0.6 is 0 Å². The quantitative estimate of drug-likeness (QED) is 0.494. The first-order valence-electron chi connectivity index (χ1n) is 7.43.